The minimum atomic E-state index is 0.336. The number of rotatable bonds is 3. The molecule has 0 aromatic carbocycles. The first-order valence-electron chi connectivity index (χ1n) is 5.95. The monoisotopic (exact) mass is 202 g/mol. The summed E-state index contributed by atoms with van der Waals surface area (Å²) in [4.78, 5) is 0. The summed E-state index contributed by atoms with van der Waals surface area (Å²) in [6.07, 6.45) is 2.86. The fourth-order valence-corrected chi connectivity index (χ4v) is 1.55. The summed E-state index contributed by atoms with van der Waals surface area (Å²) in [6.45, 7) is 12.2. The van der Waals surface area contributed by atoms with Gasteiger partial charge in [0.15, 0.2) is 0 Å². The fourth-order valence-electron chi connectivity index (χ4n) is 1.55. The Hall–Kier alpha value is -0.0800. The summed E-state index contributed by atoms with van der Waals surface area (Å²) in [6, 6.07) is 0. The average molecular weight is 202 g/mol. The van der Waals surface area contributed by atoms with Crippen LogP contribution in [-0.4, -0.2) is 25.4 Å². The van der Waals surface area contributed by atoms with Gasteiger partial charge < -0.3 is 9.47 Å². The van der Waals surface area contributed by atoms with Crippen molar-refractivity contribution in [3.8, 4) is 0 Å². The predicted molar refractivity (Wildman–Crippen MR) is 60.6 cm³/mol. The van der Waals surface area contributed by atoms with Crippen LogP contribution in [0.4, 0.5) is 0 Å². The lowest BCUT2D eigenvalue weighted by Crippen LogP contribution is -2.36. The highest BCUT2D eigenvalue weighted by molar-refractivity contribution is 4.68. The normalized spacial score (nSPS) is 27.0. The standard InChI is InChI=1S/C10H20O2.C2H6/c1-4-9-6-11-7-10(12-9)5-8(2)3;1-2/h8-10H,4-7H2,1-3H3;1-2H3. The van der Waals surface area contributed by atoms with E-state index >= 15 is 0 Å². The minimum absolute atomic E-state index is 0.336. The van der Waals surface area contributed by atoms with Gasteiger partial charge in [-0.15, -0.1) is 0 Å². The van der Waals surface area contributed by atoms with Gasteiger partial charge in [0, 0.05) is 0 Å². The Bertz CT molecular complexity index is 123. The van der Waals surface area contributed by atoms with Gasteiger partial charge in [0.2, 0.25) is 0 Å². The summed E-state index contributed by atoms with van der Waals surface area (Å²) in [5.74, 6) is 0.703. The van der Waals surface area contributed by atoms with Gasteiger partial charge in [-0.3, -0.25) is 0 Å². The van der Waals surface area contributed by atoms with Crippen LogP contribution in [-0.2, 0) is 9.47 Å². The topological polar surface area (TPSA) is 18.5 Å². The van der Waals surface area contributed by atoms with Gasteiger partial charge in [0.25, 0.3) is 0 Å². The van der Waals surface area contributed by atoms with Crippen molar-refractivity contribution < 1.29 is 9.47 Å². The molecule has 14 heavy (non-hydrogen) atoms. The molecule has 0 aromatic heterocycles. The van der Waals surface area contributed by atoms with E-state index in [-0.39, 0.29) is 0 Å². The van der Waals surface area contributed by atoms with E-state index in [2.05, 4.69) is 20.8 Å². The molecule has 2 atom stereocenters. The maximum absolute atomic E-state index is 5.82. The van der Waals surface area contributed by atoms with Gasteiger partial charge in [-0.1, -0.05) is 34.6 Å². The lowest BCUT2D eigenvalue weighted by molar-refractivity contribution is -0.143. The number of ether oxygens (including phenoxy) is 2. The highest BCUT2D eigenvalue weighted by atomic mass is 16.6. The van der Waals surface area contributed by atoms with Crippen molar-refractivity contribution in [2.45, 2.75) is 59.7 Å². The van der Waals surface area contributed by atoms with Crippen LogP contribution in [0.5, 0.6) is 0 Å². The van der Waals surface area contributed by atoms with Crippen LogP contribution in [0.2, 0.25) is 0 Å². The van der Waals surface area contributed by atoms with Gasteiger partial charge in [-0.25, -0.2) is 0 Å². The summed E-state index contributed by atoms with van der Waals surface area (Å²) in [5.41, 5.74) is 0. The quantitative estimate of drug-likeness (QED) is 0.699. The Morgan fingerprint density at radius 2 is 1.71 bits per heavy atom. The van der Waals surface area contributed by atoms with Crippen molar-refractivity contribution in [2.24, 2.45) is 5.92 Å². The molecule has 0 aromatic rings. The molecule has 1 saturated heterocycles. The van der Waals surface area contributed by atoms with Crippen LogP contribution in [0.15, 0.2) is 0 Å². The highest BCUT2D eigenvalue weighted by Gasteiger charge is 2.21. The van der Waals surface area contributed by atoms with Crippen LogP contribution in [0.25, 0.3) is 0 Å². The number of hydrogen-bond donors (Lipinski definition) is 0. The molecule has 2 nitrogen and oxygen atoms in total. The summed E-state index contributed by atoms with van der Waals surface area (Å²) in [7, 11) is 0. The molecule has 2 unspecified atom stereocenters. The molecule has 0 N–H and O–H groups in total. The Morgan fingerprint density at radius 1 is 1.14 bits per heavy atom. The van der Waals surface area contributed by atoms with Crippen LogP contribution >= 0.6 is 0 Å². The predicted octanol–water partition coefficient (Wildman–Crippen LogP) is 3.25. The minimum Gasteiger partial charge on any atom is -0.376 e. The lowest BCUT2D eigenvalue weighted by atomic mass is 10.1. The van der Waals surface area contributed by atoms with Gasteiger partial charge in [-0.2, -0.15) is 0 Å². The summed E-state index contributed by atoms with van der Waals surface area (Å²) in [5, 5.41) is 0. The molecule has 0 bridgehead atoms. The molecule has 2 heteroatoms. The Kier molecular flexibility index (Phi) is 8.20. The van der Waals surface area contributed by atoms with Crippen molar-refractivity contribution in [1.29, 1.82) is 0 Å². The number of hydrogen-bond acceptors (Lipinski definition) is 2. The zero-order valence-electron chi connectivity index (χ0n) is 10.4. The maximum Gasteiger partial charge on any atom is 0.0815 e. The van der Waals surface area contributed by atoms with E-state index in [9.17, 15) is 0 Å². The molecule has 1 heterocycles. The Balaban J connectivity index is 0.000000791. The third-order valence-corrected chi connectivity index (χ3v) is 2.18. The molecule has 0 amide bonds. The van der Waals surface area contributed by atoms with Crippen LogP contribution in [0.1, 0.15) is 47.5 Å². The van der Waals surface area contributed by atoms with Crippen LogP contribution in [0.3, 0.4) is 0 Å². The van der Waals surface area contributed by atoms with E-state index in [1.54, 1.807) is 0 Å². The Labute approximate surface area is 89.0 Å². The van der Waals surface area contributed by atoms with Gasteiger partial charge in [-0.05, 0) is 18.8 Å². The second kappa shape index (κ2) is 8.25. The smallest absolute Gasteiger partial charge is 0.0815 e. The average Bonchev–Trinajstić information content (AvgIpc) is 2.20. The largest absolute Gasteiger partial charge is 0.376 e. The van der Waals surface area contributed by atoms with E-state index in [1.165, 1.54) is 0 Å². The molecule has 86 valence electrons. The molecule has 1 rings (SSSR count). The van der Waals surface area contributed by atoms with E-state index in [0.717, 1.165) is 26.1 Å². The van der Waals surface area contributed by atoms with Crippen molar-refractivity contribution in [2.75, 3.05) is 13.2 Å². The molecule has 1 fully saturated rings. The van der Waals surface area contributed by atoms with Crippen LogP contribution in [0, 0.1) is 5.92 Å². The first-order valence-corrected chi connectivity index (χ1v) is 5.95. The van der Waals surface area contributed by atoms with Crippen molar-refractivity contribution in [3.05, 3.63) is 0 Å². The SMILES string of the molecule is CC.CCC1COCC(CC(C)C)O1. The highest BCUT2D eigenvalue weighted by Crippen LogP contribution is 2.16. The molecule has 1 aliphatic heterocycles. The van der Waals surface area contributed by atoms with Crippen molar-refractivity contribution in [1.82, 2.24) is 0 Å². The second-order valence-corrected chi connectivity index (χ2v) is 3.96. The van der Waals surface area contributed by atoms with Crippen molar-refractivity contribution >= 4 is 0 Å². The van der Waals surface area contributed by atoms with E-state index in [1.807, 2.05) is 13.8 Å². The molecule has 0 aliphatic carbocycles. The first-order chi connectivity index (χ1) is 6.72. The van der Waals surface area contributed by atoms with E-state index in [0.29, 0.717) is 18.1 Å². The molecular weight excluding hydrogens is 176 g/mol. The molecule has 1 aliphatic rings. The van der Waals surface area contributed by atoms with E-state index < -0.39 is 0 Å². The summed E-state index contributed by atoms with van der Waals surface area (Å²) < 4.78 is 11.3. The van der Waals surface area contributed by atoms with Gasteiger partial charge in [0.05, 0.1) is 25.4 Å². The first kappa shape index (κ1) is 13.9. The lowest BCUT2D eigenvalue weighted by Gasteiger charge is -2.30. The van der Waals surface area contributed by atoms with Gasteiger partial charge >= 0.3 is 0 Å². The fraction of sp³-hybridized carbons (Fsp3) is 1.00. The zero-order chi connectivity index (χ0) is 11.0. The van der Waals surface area contributed by atoms with Crippen LogP contribution < -0.4 is 0 Å². The maximum atomic E-state index is 5.82. The zero-order valence-corrected chi connectivity index (χ0v) is 10.4. The molecule has 0 saturated carbocycles. The molecular formula is C12H26O2. The van der Waals surface area contributed by atoms with Crippen molar-refractivity contribution in [3.63, 3.8) is 0 Å². The Morgan fingerprint density at radius 3 is 2.21 bits per heavy atom. The van der Waals surface area contributed by atoms with Gasteiger partial charge in [0.1, 0.15) is 0 Å². The molecule has 0 spiro atoms. The summed E-state index contributed by atoms with van der Waals surface area (Å²) >= 11 is 0. The third kappa shape index (κ3) is 5.61. The third-order valence-electron chi connectivity index (χ3n) is 2.18. The molecule has 0 radical (unpaired) electrons. The second-order valence-electron chi connectivity index (χ2n) is 3.96. The van der Waals surface area contributed by atoms with E-state index in [4.69, 9.17) is 9.47 Å².